The van der Waals surface area contributed by atoms with E-state index < -0.39 is 0 Å². The molecule has 0 bridgehead atoms. The van der Waals surface area contributed by atoms with Gasteiger partial charge in [0.2, 0.25) is 0 Å². The molecular formula is C47H30N4. The van der Waals surface area contributed by atoms with E-state index in [4.69, 9.17) is 4.98 Å². The molecule has 0 aliphatic carbocycles. The smallest absolute Gasteiger partial charge is 0.0964 e. The summed E-state index contributed by atoms with van der Waals surface area (Å²) in [4.78, 5) is 4.90. The molecule has 0 aliphatic rings. The first-order valence-electron chi connectivity index (χ1n) is 17.4. The van der Waals surface area contributed by atoms with Crippen molar-refractivity contribution in [3.05, 3.63) is 182 Å². The van der Waals surface area contributed by atoms with E-state index in [1.807, 2.05) is 12.3 Å². The molecule has 0 unspecified atom stereocenters. The second kappa shape index (κ2) is 10.8. The van der Waals surface area contributed by atoms with Crippen LogP contribution in [0.15, 0.2) is 182 Å². The first kappa shape index (κ1) is 28.0. The maximum Gasteiger partial charge on any atom is 0.0964 e. The normalized spacial score (nSPS) is 11.9. The first-order chi connectivity index (χ1) is 25.3. The summed E-state index contributed by atoms with van der Waals surface area (Å²) in [5.41, 5.74) is 13.8. The van der Waals surface area contributed by atoms with Gasteiger partial charge < -0.3 is 13.7 Å². The van der Waals surface area contributed by atoms with E-state index in [0.29, 0.717) is 0 Å². The number of hydrogen-bond acceptors (Lipinski definition) is 1. The monoisotopic (exact) mass is 650 g/mol. The van der Waals surface area contributed by atoms with Gasteiger partial charge in [-0.2, -0.15) is 0 Å². The van der Waals surface area contributed by atoms with Gasteiger partial charge in [-0.25, -0.2) is 0 Å². The highest BCUT2D eigenvalue weighted by Gasteiger charge is 2.21. The summed E-state index contributed by atoms with van der Waals surface area (Å²) < 4.78 is 7.16. The van der Waals surface area contributed by atoms with Gasteiger partial charge in [-0.05, 0) is 90.0 Å². The Labute approximate surface area is 293 Å². The van der Waals surface area contributed by atoms with E-state index in [1.54, 1.807) is 0 Å². The van der Waals surface area contributed by atoms with Crippen molar-refractivity contribution in [3.63, 3.8) is 0 Å². The van der Waals surface area contributed by atoms with Gasteiger partial charge in [-0.15, -0.1) is 0 Å². The van der Waals surface area contributed by atoms with Crippen LogP contribution in [0, 0.1) is 0 Å². The highest BCUT2D eigenvalue weighted by molar-refractivity contribution is 6.29. The molecule has 0 N–H and O–H groups in total. The van der Waals surface area contributed by atoms with Crippen LogP contribution >= 0.6 is 0 Å². The van der Waals surface area contributed by atoms with Crippen LogP contribution < -0.4 is 0 Å². The third kappa shape index (κ3) is 4.05. The average molecular weight is 651 g/mol. The molecular weight excluding hydrogens is 621 g/mol. The molecule has 238 valence electrons. The van der Waals surface area contributed by atoms with E-state index in [2.05, 4.69) is 184 Å². The van der Waals surface area contributed by atoms with Crippen LogP contribution in [-0.2, 0) is 0 Å². The molecule has 4 heterocycles. The molecule has 0 saturated carbocycles. The van der Waals surface area contributed by atoms with E-state index in [-0.39, 0.29) is 0 Å². The number of aromatic nitrogens is 4. The lowest BCUT2D eigenvalue weighted by Gasteiger charge is -2.11. The van der Waals surface area contributed by atoms with Crippen LogP contribution in [0.5, 0.6) is 0 Å². The fourth-order valence-corrected chi connectivity index (χ4v) is 8.33. The summed E-state index contributed by atoms with van der Waals surface area (Å²) in [5.74, 6) is 0. The number of fused-ring (bicyclic) bond motifs is 10. The molecule has 0 fully saturated rings. The zero-order valence-corrected chi connectivity index (χ0v) is 27.6. The highest BCUT2D eigenvalue weighted by Crippen LogP contribution is 2.43. The van der Waals surface area contributed by atoms with Crippen molar-refractivity contribution in [2.24, 2.45) is 0 Å². The quantitative estimate of drug-likeness (QED) is 0.186. The summed E-state index contributed by atoms with van der Waals surface area (Å²) in [7, 11) is 0. The Morgan fingerprint density at radius 1 is 0.314 bits per heavy atom. The zero-order chi connectivity index (χ0) is 33.5. The second-order valence-corrected chi connectivity index (χ2v) is 13.2. The summed E-state index contributed by atoms with van der Waals surface area (Å²) in [5, 5.41) is 6.16. The van der Waals surface area contributed by atoms with Crippen LogP contribution in [0.4, 0.5) is 0 Å². The van der Waals surface area contributed by atoms with Crippen molar-refractivity contribution in [2.45, 2.75) is 0 Å². The van der Waals surface area contributed by atoms with Crippen molar-refractivity contribution < 1.29 is 0 Å². The Morgan fingerprint density at radius 2 is 0.784 bits per heavy atom. The maximum atomic E-state index is 4.90. The Balaban J connectivity index is 1.18. The fourth-order valence-electron chi connectivity index (χ4n) is 8.33. The average Bonchev–Trinajstić information content (AvgIpc) is 3.84. The van der Waals surface area contributed by atoms with Crippen molar-refractivity contribution >= 4 is 65.5 Å². The molecule has 11 rings (SSSR count). The van der Waals surface area contributed by atoms with Gasteiger partial charge in [0.1, 0.15) is 0 Å². The minimum atomic E-state index is 1.00. The molecule has 0 aliphatic heterocycles. The molecule has 0 saturated heterocycles. The zero-order valence-electron chi connectivity index (χ0n) is 27.6. The van der Waals surface area contributed by atoms with Crippen LogP contribution in [0.25, 0.3) is 93.7 Å². The standard InChI is InChI=1S/C47H30N4/c1-3-12-31(13-4-1)32-21-23-34(24-22-32)49-39-18-9-7-16-36(39)45-42(49)27-28-43-46(45)37-17-8-10-19-40(37)51(43)35-25-26-41-38(30-35)47-44(20-11-29-48-47)50(41)33-14-5-2-6-15-33/h1-30H. The molecule has 0 atom stereocenters. The Kier molecular flexibility index (Phi) is 5.92. The number of hydrogen-bond donors (Lipinski definition) is 0. The SMILES string of the molecule is c1ccc(-c2ccc(-n3c4ccccc4c4c5c6ccccc6n(-c6ccc7c(c6)c6ncccc6n7-c6ccccc6)c5ccc43)cc2)cc1. The third-order valence-corrected chi connectivity index (χ3v) is 10.5. The van der Waals surface area contributed by atoms with Crippen LogP contribution in [0.1, 0.15) is 0 Å². The summed E-state index contributed by atoms with van der Waals surface area (Å²) in [6, 6.07) is 63.4. The van der Waals surface area contributed by atoms with Gasteiger partial charge in [-0.1, -0.05) is 97.1 Å². The van der Waals surface area contributed by atoms with E-state index >= 15 is 0 Å². The molecule has 51 heavy (non-hydrogen) atoms. The Bertz CT molecular complexity index is 3110. The van der Waals surface area contributed by atoms with Crippen molar-refractivity contribution in [1.29, 1.82) is 0 Å². The minimum Gasteiger partial charge on any atom is -0.309 e. The largest absolute Gasteiger partial charge is 0.309 e. The van der Waals surface area contributed by atoms with Crippen molar-refractivity contribution in [3.8, 4) is 28.2 Å². The molecule has 4 aromatic heterocycles. The Hall–Kier alpha value is -6.91. The lowest BCUT2D eigenvalue weighted by molar-refractivity contribution is 1.16. The number of rotatable bonds is 4. The lowest BCUT2D eigenvalue weighted by atomic mass is 10.1. The number of pyridine rings is 1. The lowest BCUT2D eigenvalue weighted by Crippen LogP contribution is -1.96. The maximum absolute atomic E-state index is 4.90. The van der Waals surface area contributed by atoms with E-state index in [0.717, 1.165) is 39.0 Å². The molecule has 0 radical (unpaired) electrons. The molecule has 0 amide bonds. The predicted octanol–water partition coefficient (Wildman–Crippen LogP) is 12.0. The van der Waals surface area contributed by atoms with Gasteiger partial charge in [0.05, 0.1) is 38.6 Å². The predicted molar refractivity (Wildman–Crippen MR) is 213 cm³/mol. The second-order valence-electron chi connectivity index (χ2n) is 13.2. The van der Waals surface area contributed by atoms with Crippen molar-refractivity contribution in [2.75, 3.05) is 0 Å². The minimum absolute atomic E-state index is 1.00. The topological polar surface area (TPSA) is 27.7 Å². The van der Waals surface area contributed by atoms with Crippen molar-refractivity contribution in [1.82, 2.24) is 18.7 Å². The van der Waals surface area contributed by atoms with Gasteiger partial charge >= 0.3 is 0 Å². The van der Waals surface area contributed by atoms with Crippen LogP contribution in [-0.4, -0.2) is 18.7 Å². The molecule has 11 aromatic rings. The molecule has 0 spiro atoms. The number of nitrogens with zero attached hydrogens (tertiary/aromatic N) is 4. The Morgan fingerprint density at radius 3 is 1.47 bits per heavy atom. The third-order valence-electron chi connectivity index (χ3n) is 10.5. The fraction of sp³-hybridized carbons (Fsp3) is 0. The summed E-state index contributed by atoms with van der Waals surface area (Å²) in [6.07, 6.45) is 1.89. The van der Waals surface area contributed by atoms with Gasteiger partial charge in [0, 0.05) is 50.2 Å². The number of benzene rings is 7. The first-order valence-corrected chi connectivity index (χ1v) is 17.4. The summed E-state index contributed by atoms with van der Waals surface area (Å²) >= 11 is 0. The van der Waals surface area contributed by atoms with Gasteiger partial charge in [0.15, 0.2) is 0 Å². The molecule has 7 aromatic carbocycles. The highest BCUT2D eigenvalue weighted by atomic mass is 15.0. The van der Waals surface area contributed by atoms with E-state index in [9.17, 15) is 0 Å². The molecule has 4 heteroatoms. The van der Waals surface area contributed by atoms with Crippen LogP contribution in [0.3, 0.4) is 0 Å². The van der Waals surface area contributed by atoms with Gasteiger partial charge in [-0.3, -0.25) is 4.98 Å². The van der Waals surface area contributed by atoms with Crippen LogP contribution in [0.2, 0.25) is 0 Å². The number of para-hydroxylation sites is 3. The molecule has 4 nitrogen and oxygen atoms in total. The van der Waals surface area contributed by atoms with Gasteiger partial charge in [0.25, 0.3) is 0 Å². The summed E-state index contributed by atoms with van der Waals surface area (Å²) in [6.45, 7) is 0. The van der Waals surface area contributed by atoms with E-state index in [1.165, 1.54) is 54.7 Å².